The Hall–Kier alpha value is -1.29. The molecule has 0 amide bonds. The molecule has 0 fully saturated rings. The smallest absolute Gasteiger partial charge is 0.190 e. The summed E-state index contributed by atoms with van der Waals surface area (Å²) in [5, 5.41) is 0. The molecule has 0 bridgehead atoms. The van der Waals surface area contributed by atoms with Crippen molar-refractivity contribution in [3.63, 3.8) is 0 Å². The molecule has 1 rings (SSSR count). The number of hydrogen-bond donors (Lipinski definition) is 0. The fourth-order valence-corrected chi connectivity index (χ4v) is 1.39. The minimum absolute atomic E-state index is 0.123. The Morgan fingerprint density at radius 3 is 2.14 bits per heavy atom. The minimum Gasteiger partial charge on any atom is -0.238 e. The number of benzene rings is 1. The van der Waals surface area contributed by atoms with Crippen molar-refractivity contribution < 1.29 is 0 Å². The van der Waals surface area contributed by atoms with E-state index < -0.39 is 0 Å². The standard InChI is InChI=1S/C13H17N/c1-9-7-11(13(3,4)5)8-12(14-6)10(9)2/h7-8H,1-5H3. The minimum atomic E-state index is 0.123. The van der Waals surface area contributed by atoms with E-state index in [1.165, 1.54) is 11.1 Å². The topological polar surface area (TPSA) is 4.36 Å². The van der Waals surface area contributed by atoms with Crippen molar-refractivity contribution in [1.82, 2.24) is 0 Å². The van der Waals surface area contributed by atoms with Crippen LogP contribution in [0.3, 0.4) is 0 Å². The Bertz CT molecular complexity index is 389. The average molecular weight is 187 g/mol. The van der Waals surface area contributed by atoms with Gasteiger partial charge in [0.25, 0.3) is 0 Å². The van der Waals surface area contributed by atoms with Gasteiger partial charge in [0.05, 0.1) is 6.57 Å². The van der Waals surface area contributed by atoms with Crippen molar-refractivity contribution in [2.24, 2.45) is 0 Å². The molecule has 0 heterocycles. The molecule has 0 aliphatic rings. The molecule has 14 heavy (non-hydrogen) atoms. The van der Waals surface area contributed by atoms with Crippen molar-refractivity contribution in [1.29, 1.82) is 0 Å². The zero-order chi connectivity index (χ0) is 10.9. The summed E-state index contributed by atoms with van der Waals surface area (Å²) in [6.45, 7) is 17.7. The molecule has 0 aromatic heterocycles. The highest BCUT2D eigenvalue weighted by atomic mass is 14.6. The van der Waals surface area contributed by atoms with Gasteiger partial charge in [-0.15, -0.1) is 0 Å². The second-order valence-corrected chi connectivity index (χ2v) is 4.80. The van der Waals surface area contributed by atoms with Gasteiger partial charge in [0.2, 0.25) is 0 Å². The predicted molar refractivity (Wildman–Crippen MR) is 60.9 cm³/mol. The van der Waals surface area contributed by atoms with Crippen LogP contribution in [-0.4, -0.2) is 0 Å². The summed E-state index contributed by atoms with van der Waals surface area (Å²) in [5.74, 6) is 0. The molecule has 0 radical (unpaired) electrons. The fraction of sp³-hybridized carbons (Fsp3) is 0.462. The molecule has 0 spiro atoms. The monoisotopic (exact) mass is 187 g/mol. The van der Waals surface area contributed by atoms with Crippen LogP contribution in [0, 0.1) is 20.4 Å². The third-order valence-corrected chi connectivity index (χ3v) is 2.63. The summed E-state index contributed by atoms with van der Waals surface area (Å²) < 4.78 is 0. The lowest BCUT2D eigenvalue weighted by Gasteiger charge is -2.21. The maximum atomic E-state index is 7.11. The lowest BCUT2D eigenvalue weighted by molar-refractivity contribution is 0.590. The Morgan fingerprint density at radius 2 is 1.71 bits per heavy atom. The lowest BCUT2D eigenvalue weighted by Crippen LogP contribution is -2.11. The van der Waals surface area contributed by atoms with Crippen molar-refractivity contribution in [3.8, 4) is 0 Å². The van der Waals surface area contributed by atoms with Gasteiger partial charge in [-0.1, -0.05) is 44.0 Å². The van der Waals surface area contributed by atoms with E-state index in [0.29, 0.717) is 0 Å². The van der Waals surface area contributed by atoms with Gasteiger partial charge in [-0.25, -0.2) is 4.85 Å². The van der Waals surface area contributed by atoms with E-state index in [9.17, 15) is 0 Å². The molecule has 0 saturated carbocycles. The molecule has 1 aromatic rings. The molecule has 0 aliphatic carbocycles. The average Bonchev–Trinajstić information content (AvgIpc) is 2.07. The van der Waals surface area contributed by atoms with Crippen molar-refractivity contribution >= 4 is 5.69 Å². The first-order valence-corrected chi connectivity index (χ1v) is 4.85. The zero-order valence-electron chi connectivity index (χ0n) is 9.60. The maximum Gasteiger partial charge on any atom is 0.190 e. The Balaban J connectivity index is 3.40. The first-order valence-electron chi connectivity index (χ1n) is 4.85. The van der Waals surface area contributed by atoms with Gasteiger partial charge in [-0.2, -0.15) is 0 Å². The lowest BCUT2D eigenvalue weighted by atomic mass is 9.85. The van der Waals surface area contributed by atoms with Crippen molar-refractivity contribution in [2.45, 2.75) is 40.0 Å². The first-order chi connectivity index (χ1) is 6.36. The fourth-order valence-electron chi connectivity index (χ4n) is 1.39. The number of hydrogen-bond acceptors (Lipinski definition) is 0. The van der Waals surface area contributed by atoms with Gasteiger partial charge >= 0.3 is 0 Å². The van der Waals surface area contributed by atoms with Crippen LogP contribution in [0.2, 0.25) is 0 Å². The summed E-state index contributed by atoms with van der Waals surface area (Å²) >= 11 is 0. The second-order valence-electron chi connectivity index (χ2n) is 4.80. The molecule has 0 atom stereocenters. The van der Waals surface area contributed by atoms with Crippen LogP contribution in [0.5, 0.6) is 0 Å². The number of aryl methyl sites for hydroxylation is 1. The van der Waals surface area contributed by atoms with Gasteiger partial charge in [0.15, 0.2) is 5.69 Å². The molecule has 1 aromatic carbocycles. The largest absolute Gasteiger partial charge is 0.238 e. The van der Waals surface area contributed by atoms with E-state index in [-0.39, 0.29) is 5.41 Å². The zero-order valence-corrected chi connectivity index (χ0v) is 9.60. The van der Waals surface area contributed by atoms with E-state index in [2.05, 4.69) is 38.6 Å². The second kappa shape index (κ2) is 3.46. The van der Waals surface area contributed by atoms with Crippen molar-refractivity contribution in [2.75, 3.05) is 0 Å². The van der Waals surface area contributed by atoms with Crippen LogP contribution in [0.1, 0.15) is 37.5 Å². The van der Waals surface area contributed by atoms with Crippen LogP contribution >= 0.6 is 0 Å². The molecule has 1 heteroatoms. The van der Waals surface area contributed by atoms with E-state index in [1.54, 1.807) is 0 Å². The summed E-state index contributed by atoms with van der Waals surface area (Å²) in [7, 11) is 0. The van der Waals surface area contributed by atoms with Crippen molar-refractivity contribution in [3.05, 3.63) is 40.2 Å². The normalized spacial score (nSPS) is 11.1. The van der Waals surface area contributed by atoms with Gasteiger partial charge < -0.3 is 0 Å². The quantitative estimate of drug-likeness (QED) is 0.537. The summed E-state index contributed by atoms with van der Waals surface area (Å²) in [6, 6.07) is 4.19. The highest BCUT2D eigenvalue weighted by Gasteiger charge is 2.15. The van der Waals surface area contributed by atoms with Gasteiger partial charge in [0, 0.05) is 0 Å². The molecule has 0 N–H and O–H groups in total. The summed E-state index contributed by atoms with van der Waals surface area (Å²) in [5.41, 5.74) is 4.47. The van der Waals surface area contributed by atoms with Gasteiger partial charge in [-0.3, -0.25) is 0 Å². The van der Waals surface area contributed by atoms with E-state index in [4.69, 9.17) is 6.57 Å². The van der Waals surface area contributed by atoms with Crippen LogP contribution in [0.25, 0.3) is 4.85 Å². The van der Waals surface area contributed by atoms with Crippen LogP contribution in [0.4, 0.5) is 5.69 Å². The summed E-state index contributed by atoms with van der Waals surface area (Å²) in [4.78, 5) is 3.56. The SMILES string of the molecule is [C-]#[N+]c1cc(C(C)(C)C)cc(C)c1C. The molecule has 74 valence electrons. The molecular formula is C13H17N. The molecule has 1 nitrogen and oxygen atoms in total. The highest BCUT2D eigenvalue weighted by Crippen LogP contribution is 2.30. The van der Waals surface area contributed by atoms with Crippen LogP contribution in [-0.2, 0) is 5.41 Å². The Morgan fingerprint density at radius 1 is 1.14 bits per heavy atom. The van der Waals surface area contributed by atoms with Gasteiger partial charge in [-0.05, 0) is 24.8 Å². The summed E-state index contributed by atoms with van der Waals surface area (Å²) in [6.07, 6.45) is 0. The molecule has 0 unspecified atom stereocenters. The first kappa shape index (κ1) is 10.8. The Labute approximate surface area is 86.6 Å². The van der Waals surface area contributed by atoms with Crippen LogP contribution < -0.4 is 0 Å². The van der Waals surface area contributed by atoms with Gasteiger partial charge in [0.1, 0.15) is 0 Å². The van der Waals surface area contributed by atoms with Crippen LogP contribution in [0.15, 0.2) is 12.1 Å². The van der Waals surface area contributed by atoms with E-state index in [0.717, 1.165) is 11.3 Å². The highest BCUT2D eigenvalue weighted by molar-refractivity contribution is 5.57. The third-order valence-electron chi connectivity index (χ3n) is 2.63. The molecule has 0 saturated heterocycles. The van der Waals surface area contributed by atoms with E-state index >= 15 is 0 Å². The molecule has 0 aliphatic heterocycles. The Kier molecular flexibility index (Phi) is 2.66. The number of rotatable bonds is 0. The molecular weight excluding hydrogens is 170 g/mol. The number of nitrogens with zero attached hydrogens (tertiary/aromatic N) is 1. The maximum absolute atomic E-state index is 7.11. The van der Waals surface area contributed by atoms with E-state index in [1.807, 2.05) is 13.0 Å². The predicted octanol–water partition coefficient (Wildman–Crippen LogP) is 4.15. The third kappa shape index (κ3) is 1.96.